The van der Waals surface area contributed by atoms with Crippen LogP contribution in [0.1, 0.15) is 6.92 Å². The minimum absolute atomic E-state index is 0.193. The molecule has 0 saturated carbocycles. The summed E-state index contributed by atoms with van der Waals surface area (Å²) >= 11 is 0. The molecule has 0 aromatic rings. The summed E-state index contributed by atoms with van der Waals surface area (Å²) in [5.41, 5.74) is 0. The van der Waals surface area contributed by atoms with E-state index in [0.29, 0.717) is 5.92 Å². The summed E-state index contributed by atoms with van der Waals surface area (Å²) in [6.45, 7) is 5.71. The van der Waals surface area contributed by atoms with E-state index < -0.39 is 0 Å². The van der Waals surface area contributed by atoms with Crippen LogP contribution in [-0.2, 0) is 0 Å². The Kier molecular flexibility index (Phi) is 2.78. The molecule has 2 unspecified atom stereocenters. The van der Waals surface area contributed by atoms with Gasteiger partial charge in [0.15, 0.2) is 0 Å². The van der Waals surface area contributed by atoms with Gasteiger partial charge in [-0.2, -0.15) is 10.2 Å². The first-order chi connectivity index (χ1) is 5.34. The van der Waals surface area contributed by atoms with Gasteiger partial charge in [0.25, 0.3) is 0 Å². The topological polar surface area (TPSA) is 24.7 Å². The van der Waals surface area contributed by atoms with Crippen LogP contribution in [0.25, 0.3) is 0 Å². The molecule has 2 heteroatoms. The summed E-state index contributed by atoms with van der Waals surface area (Å²) in [5, 5.41) is 7.87. The van der Waals surface area contributed by atoms with E-state index in [-0.39, 0.29) is 6.04 Å². The van der Waals surface area contributed by atoms with Crippen molar-refractivity contribution in [2.24, 2.45) is 16.1 Å². The van der Waals surface area contributed by atoms with Crippen molar-refractivity contribution in [1.82, 2.24) is 0 Å². The molecule has 1 aliphatic heterocycles. The molecule has 0 saturated heterocycles. The normalized spacial score (nSPS) is 29.5. The first kappa shape index (κ1) is 7.92. The average Bonchev–Trinajstić information content (AvgIpc) is 2.03. The van der Waals surface area contributed by atoms with Gasteiger partial charge in [0.05, 0.1) is 6.04 Å². The molecule has 0 aliphatic carbocycles. The summed E-state index contributed by atoms with van der Waals surface area (Å²) in [6, 6.07) is 0.193. The second kappa shape index (κ2) is 3.86. The van der Waals surface area contributed by atoms with Crippen molar-refractivity contribution in [3.8, 4) is 0 Å². The lowest BCUT2D eigenvalue weighted by atomic mass is 10.0. The predicted octanol–water partition coefficient (Wildman–Crippen LogP) is 2.71. The van der Waals surface area contributed by atoms with Crippen molar-refractivity contribution >= 4 is 0 Å². The van der Waals surface area contributed by atoms with Gasteiger partial charge in [-0.15, -0.1) is 0 Å². The number of nitrogens with zero attached hydrogens (tertiary/aromatic N) is 2. The molecule has 0 radical (unpaired) electrons. The van der Waals surface area contributed by atoms with Crippen LogP contribution in [0.3, 0.4) is 0 Å². The molecule has 1 rings (SSSR count). The molecule has 2 atom stereocenters. The van der Waals surface area contributed by atoms with E-state index in [1.54, 1.807) is 12.3 Å². The Bertz CT molecular complexity index is 214. The van der Waals surface area contributed by atoms with Gasteiger partial charge in [0.2, 0.25) is 0 Å². The Hall–Kier alpha value is -1.18. The minimum atomic E-state index is 0.193. The molecule has 0 aromatic carbocycles. The molecular formula is C9H12N2. The standard InChI is InChI=1S/C9H12N2/c1-3-4-5-9-8(2)6-7-10-11-9/h3-9H,1H2,2H3/b5-4-. The van der Waals surface area contributed by atoms with E-state index in [9.17, 15) is 0 Å². The third-order valence-electron chi connectivity index (χ3n) is 1.64. The first-order valence-electron chi connectivity index (χ1n) is 3.70. The molecule has 0 spiro atoms. The SMILES string of the molecule is C=C/C=C\C1N=NC=CC1C. The third-order valence-corrected chi connectivity index (χ3v) is 1.64. The molecule has 11 heavy (non-hydrogen) atoms. The van der Waals surface area contributed by atoms with Crippen molar-refractivity contribution in [3.63, 3.8) is 0 Å². The third kappa shape index (κ3) is 2.15. The molecule has 1 aliphatic rings. The quantitative estimate of drug-likeness (QED) is 0.538. The Morgan fingerprint density at radius 3 is 3.00 bits per heavy atom. The zero-order chi connectivity index (χ0) is 8.10. The maximum absolute atomic E-state index is 4.05. The summed E-state index contributed by atoms with van der Waals surface area (Å²) in [5.74, 6) is 0.448. The monoisotopic (exact) mass is 148 g/mol. The van der Waals surface area contributed by atoms with Gasteiger partial charge >= 0.3 is 0 Å². The lowest BCUT2D eigenvalue weighted by Crippen LogP contribution is -2.11. The van der Waals surface area contributed by atoms with E-state index in [1.165, 1.54) is 0 Å². The van der Waals surface area contributed by atoms with E-state index >= 15 is 0 Å². The van der Waals surface area contributed by atoms with E-state index in [2.05, 4.69) is 23.7 Å². The minimum Gasteiger partial charge on any atom is -0.181 e. The van der Waals surface area contributed by atoms with Crippen molar-refractivity contribution < 1.29 is 0 Å². The van der Waals surface area contributed by atoms with Gasteiger partial charge in [-0.05, 0) is 0 Å². The number of azo groups is 1. The molecule has 0 N–H and O–H groups in total. The fraction of sp³-hybridized carbons (Fsp3) is 0.333. The maximum Gasteiger partial charge on any atom is 0.0956 e. The average molecular weight is 148 g/mol. The summed E-state index contributed by atoms with van der Waals surface area (Å²) in [6.07, 6.45) is 9.44. The Labute approximate surface area is 67.0 Å². The molecule has 58 valence electrons. The zero-order valence-corrected chi connectivity index (χ0v) is 6.64. The van der Waals surface area contributed by atoms with Crippen molar-refractivity contribution in [3.05, 3.63) is 37.1 Å². The van der Waals surface area contributed by atoms with Gasteiger partial charge in [-0.3, -0.25) is 0 Å². The maximum atomic E-state index is 4.05. The first-order valence-corrected chi connectivity index (χ1v) is 3.70. The lowest BCUT2D eigenvalue weighted by molar-refractivity contribution is 0.590. The van der Waals surface area contributed by atoms with Crippen LogP contribution in [0.5, 0.6) is 0 Å². The Morgan fingerprint density at radius 2 is 2.36 bits per heavy atom. The Morgan fingerprint density at radius 1 is 1.55 bits per heavy atom. The number of allylic oxidation sites excluding steroid dienone is 2. The molecule has 0 aromatic heterocycles. The largest absolute Gasteiger partial charge is 0.181 e. The predicted molar refractivity (Wildman–Crippen MR) is 46.3 cm³/mol. The highest BCUT2D eigenvalue weighted by atomic mass is 15.1. The van der Waals surface area contributed by atoms with E-state index in [1.807, 2.05) is 18.2 Å². The molecule has 0 bridgehead atoms. The van der Waals surface area contributed by atoms with Crippen molar-refractivity contribution in [2.45, 2.75) is 13.0 Å². The van der Waals surface area contributed by atoms with Gasteiger partial charge in [-0.25, -0.2) is 0 Å². The fourth-order valence-electron chi connectivity index (χ4n) is 0.915. The van der Waals surface area contributed by atoms with Crippen molar-refractivity contribution in [1.29, 1.82) is 0 Å². The molecule has 1 heterocycles. The lowest BCUT2D eigenvalue weighted by Gasteiger charge is -2.13. The zero-order valence-electron chi connectivity index (χ0n) is 6.64. The summed E-state index contributed by atoms with van der Waals surface area (Å²) in [4.78, 5) is 0. The van der Waals surface area contributed by atoms with Crippen LogP contribution in [0.2, 0.25) is 0 Å². The van der Waals surface area contributed by atoms with Crippen LogP contribution in [-0.4, -0.2) is 6.04 Å². The van der Waals surface area contributed by atoms with Crippen LogP contribution >= 0.6 is 0 Å². The van der Waals surface area contributed by atoms with Crippen LogP contribution in [0.4, 0.5) is 0 Å². The van der Waals surface area contributed by atoms with Crippen LogP contribution in [0, 0.1) is 5.92 Å². The molecular weight excluding hydrogens is 136 g/mol. The van der Waals surface area contributed by atoms with E-state index in [4.69, 9.17) is 0 Å². The van der Waals surface area contributed by atoms with Gasteiger partial charge in [0.1, 0.15) is 0 Å². The highest BCUT2D eigenvalue weighted by molar-refractivity contribution is 5.08. The summed E-state index contributed by atoms with van der Waals surface area (Å²) in [7, 11) is 0. The Balaban J connectivity index is 2.58. The highest BCUT2D eigenvalue weighted by Crippen LogP contribution is 2.15. The van der Waals surface area contributed by atoms with E-state index in [0.717, 1.165) is 0 Å². The van der Waals surface area contributed by atoms with Gasteiger partial charge < -0.3 is 0 Å². The van der Waals surface area contributed by atoms with Gasteiger partial charge in [0, 0.05) is 12.1 Å². The van der Waals surface area contributed by atoms with Crippen molar-refractivity contribution in [2.75, 3.05) is 0 Å². The molecule has 0 fully saturated rings. The van der Waals surface area contributed by atoms with Gasteiger partial charge in [-0.1, -0.05) is 37.8 Å². The second-order valence-electron chi connectivity index (χ2n) is 2.54. The van der Waals surface area contributed by atoms with Crippen LogP contribution in [0.15, 0.2) is 47.3 Å². The number of rotatable bonds is 2. The fourth-order valence-corrected chi connectivity index (χ4v) is 0.915. The molecule has 0 amide bonds. The number of hydrogen-bond donors (Lipinski definition) is 0. The number of hydrogen-bond acceptors (Lipinski definition) is 2. The smallest absolute Gasteiger partial charge is 0.0956 e. The molecule has 2 nitrogen and oxygen atoms in total. The highest BCUT2D eigenvalue weighted by Gasteiger charge is 2.11. The second-order valence-corrected chi connectivity index (χ2v) is 2.54. The van der Waals surface area contributed by atoms with Crippen LogP contribution < -0.4 is 0 Å². The summed E-state index contributed by atoms with van der Waals surface area (Å²) < 4.78 is 0.